The predicted octanol–water partition coefficient (Wildman–Crippen LogP) is 2.04. The third kappa shape index (κ3) is 3.07. The number of carbonyl (C=O) groups is 1. The molecule has 1 aromatic heterocycles. The van der Waals surface area contributed by atoms with Gasteiger partial charge in [0.15, 0.2) is 0 Å². The molecule has 0 aliphatic carbocycles. The number of hydrogen-bond acceptors (Lipinski definition) is 4. The Morgan fingerprint density at radius 1 is 1.71 bits per heavy atom. The van der Waals surface area contributed by atoms with Crippen molar-refractivity contribution in [2.24, 2.45) is 5.92 Å². The standard InChI is InChI=1S/C11H14BrNO3S/c1-13(3-8-2-7(12)6-17-8)10-5-16-4-9(10)11(14)15/h2,6,9-10H,3-5H2,1H3,(H,14,15). The molecule has 2 rings (SSSR count). The molecule has 2 unspecified atom stereocenters. The van der Waals surface area contributed by atoms with Crippen LogP contribution in [0.3, 0.4) is 0 Å². The number of carboxylic acids is 1. The Labute approximate surface area is 112 Å². The first-order valence-electron chi connectivity index (χ1n) is 5.31. The van der Waals surface area contributed by atoms with Crippen LogP contribution < -0.4 is 0 Å². The van der Waals surface area contributed by atoms with Crippen LogP contribution in [0.5, 0.6) is 0 Å². The lowest BCUT2D eigenvalue weighted by atomic mass is 10.0. The van der Waals surface area contributed by atoms with Crippen LogP contribution in [-0.2, 0) is 16.1 Å². The number of aliphatic carboxylic acids is 1. The number of rotatable bonds is 4. The number of hydrogen-bond donors (Lipinski definition) is 1. The van der Waals surface area contributed by atoms with Gasteiger partial charge >= 0.3 is 5.97 Å². The Hall–Kier alpha value is -0.430. The summed E-state index contributed by atoms with van der Waals surface area (Å²) < 4.78 is 6.34. The molecule has 0 saturated carbocycles. The zero-order valence-electron chi connectivity index (χ0n) is 9.43. The van der Waals surface area contributed by atoms with Crippen molar-refractivity contribution >= 4 is 33.2 Å². The summed E-state index contributed by atoms with van der Waals surface area (Å²) in [5, 5.41) is 11.1. The first-order chi connectivity index (χ1) is 8.08. The van der Waals surface area contributed by atoms with Gasteiger partial charge in [-0.3, -0.25) is 9.69 Å². The number of nitrogens with zero attached hydrogens (tertiary/aromatic N) is 1. The Kier molecular flexibility index (Phi) is 4.19. The van der Waals surface area contributed by atoms with E-state index in [1.165, 1.54) is 4.88 Å². The summed E-state index contributed by atoms with van der Waals surface area (Å²) in [5.74, 6) is -1.19. The summed E-state index contributed by atoms with van der Waals surface area (Å²) in [5.41, 5.74) is 0. The minimum absolute atomic E-state index is 0.0339. The fourth-order valence-corrected chi connectivity index (χ4v) is 3.53. The van der Waals surface area contributed by atoms with E-state index in [0.29, 0.717) is 13.2 Å². The van der Waals surface area contributed by atoms with E-state index < -0.39 is 11.9 Å². The smallest absolute Gasteiger partial charge is 0.310 e. The van der Waals surface area contributed by atoms with E-state index >= 15 is 0 Å². The average Bonchev–Trinajstić information content (AvgIpc) is 2.86. The van der Waals surface area contributed by atoms with Gasteiger partial charge in [0.1, 0.15) is 0 Å². The third-order valence-corrected chi connectivity index (χ3v) is 4.64. The van der Waals surface area contributed by atoms with Crippen molar-refractivity contribution in [2.75, 3.05) is 20.3 Å². The molecule has 1 saturated heterocycles. The first-order valence-corrected chi connectivity index (χ1v) is 6.99. The van der Waals surface area contributed by atoms with E-state index in [-0.39, 0.29) is 6.04 Å². The number of carboxylic acid groups (broad SMARTS) is 1. The summed E-state index contributed by atoms with van der Waals surface area (Å²) in [4.78, 5) is 14.3. The maximum Gasteiger partial charge on any atom is 0.310 e. The number of ether oxygens (including phenoxy) is 1. The molecule has 0 spiro atoms. The van der Waals surface area contributed by atoms with Crippen LogP contribution in [0.2, 0.25) is 0 Å². The average molecular weight is 320 g/mol. The highest BCUT2D eigenvalue weighted by Crippen LogP contribution is 2.24. The lowest BCUT2D eigenvalue weighted by Crippen LogP contribution is -2.40. The minimum atomic E-state index is -0.772. The lowest BCUT2D eigenvalue weighted by molar-refractivity contribution is -0.143. The molecular weight excluding hydrogens is 306 g/mol. The second-order valence-electron chi connectivity index (χ2n) is 4.20. The van der Waals surface area contributed by atoms with Gasteiger partial charge in [-0.15, -0.1) is 11.3 Å². The molecule has 1 aliphatic rings. The Bertz CT molecular complexity index is 409. The summed E-state index contributed by atoms with van der Waals surface area (Å²) in [6, 6.07) is 2.03. The first kappa shape index (κ1) is 13.0. The second kappa shape index (κ2) is 5.48. The van der Waals surface area contributed by atoms with Crippen molar-refractivity contribution in [2.45, 2.75) is 12.6 Å². The van der Waals surface area contributed by atoms with Crippen LogP contribution >= 0.6 is 27.3 Å². The zero-order valence-corrected chi connectivity index (χ0v) is 11.8. The van der Waals surface area contributed by atoms with Gasteiger partial charge in [0, 0.05) is 27.3 Å². The maximum absolute atomic E-state index is 11.1. The van der Waals surface area contributed by atoms with Crippen molar-refractivity contribution in [3.63, 3.8) is 0 Å². The fraction of sp³-hybridized carbons (Fsp3) is 0.545. The van der Waals surface area contributed by atoms with Gasteiger partial charge in [-0.25, -0.2) is 0 Å². The molecule has 1 fully saturated rings. The largest absolute Gasteiger partial charge is 0.481 e. The number of thiophene rings is 1. The molecule has 1 aromatic rings. The number of halogens is 1. The molecule has 4 nitrogen and oxygen atoms in total. The molecule has 0 aromatic carbocycles. The molecular formula is C11H14BrNO3S. The van der Waals surface area contributed by atoms with Crippen molar-refractivity contribution in [1.29, 1.82) is 0 Å². The van der Waals surface area contributed by atoms with Gasteiger partial charge in [-0.05, 0) is 29.0 Å². The van der Waals surface area contributed by atoms with Crippen LogP contribution in [-0.4, -0.2) is 42.3 Å². The molecule has 2 heterocycles. The molecule has 0 amide bonds. The van der Waals surface area contributed by atoms with Crippen LogP contribution in [0, 0.1) is 5.92 Å². The number of likely N-dealkylation sites (N-methyl/N-ethyl adjacent to an activating group) is 1. The molecule has 2 atom stereocenters. The van der Waals surface area contributed by atoms with Gasteiger partial charge in [0.05, 0.1) is 19.1 Å². The van der Waals surface area contributed by atoms with E-state index in [2.05, 4.69) is 26.9 Å². The van der Waals surface area contributed by atoms with Crippen LogP contribution in [0.4, 0.5) is 0 Å². The van der Waals surface area contributed by atoms with E-state index in [1.807, 2.05) is 12.4 Å². The highest BCUT2D eigenvalue weighted by molar-refractivity contribution is 9.10. The third-order valence-electron chi connectivity index (χ3n) is 2.96. The lowest BCUT2D eigenvalue weighted by Gasteiger charge is -2.25. The quantitative estimate of drug-likeness (QED) is 0.922. The van der Waals surface area contributed by atoms with Crippen LogP contribution in [0.25, 0.3) is 0 Å². The molecule has 94 valence electrons. The van der Waals surface area contributed by atoms with Gasteiger partial charge in [0.2, 0.25) is 0 Å². The van der Waals surface area contributed by atoms with E-state index in [0.717, 1.165) is 11.0 Å². The minimum Gasteiger partial charge on any atom is -0.481 e. The molecule has 1 N–H and O–H groups in total. The maximum atomic E-state index is 11.1. The van der Waals surface area contributed by atoms with Gasteiger partial charge in [0.25, 0.3) is 0 Å². The van der Waals surface area contributed by atoms with Crippen molar-refractivity contribution < 1.29 is 14.6 Å². The fourth-order valence-electron chi connectivity index (χ4n) is 2.01. The topological polar surface area (TPSA) is 49.8 Å². The SMILES string of the molecule is CN(Cc1cc(Br)cs1)C1COCC1C(=O)O. The zero-order chi connectivity index (χ0) is 12.4. The van der Waals surface area contributed by atoms with Crippen molar-refractivity contribution in [3.05, 3.63) is 20.8 Å². The second-order valence-corrected chi connectivity index (χ2v) is 6.11. The van der Waals surface area contributed by atoms with Crippen LogP contribution in [0.1, 0.15) is 4.88 Å². The van der Waals surface area contributed by atoms with E-state index in [1.54, 1.807) is 11.3 Å². The van der Waals surface area contributed by atoms with Gasteiger partial charge in [-0.2, -0.15) is 0 Å². The monoisotopic (exact) mass is 319 g/mol. The Morgan fingerprint density at radius 3 is 3.06 bits per heavy atom. The van der Waals surface area contributed by atoms with Crippen molar-refractivity contribution in [3.8, 4) is 0 Å². The molecule has 6 heteroatoms. The van der Waals surface area contributed by atoms with E-state index in [9.17, 15) is 4.79 Å². The summed E-state index contributed by atoms with van der Waals surface area (Å²) >= 11 is 5.08. The Balaban J connectivity index is 1.99. The molecule has 1 aliphatic heterocycles. The van der Waals surface area contributed by atoms with Crippen molar-refractivity contribution in [1.82, 2.24) is 4.90 Å². The Morgan fingerprint density at radius 2 is 2.47 bits per heavy atom. The summed E-state index contributed by atoms with van der Waals surface area (Å²) in [6.45, 7) is 1.58. The molecule has 0 radical (unpaired) electrons. The highest BCUT2D eigenvalue weighted by Gasteiger charge is 2.36. The summed E-state index contributed by atoms with van der Waals surface area (Å²) in [7, 11) is 1.95. The summed E-state index contributed by atoms with van der Waals surface area (Å²) in [6.07, 6.45) is 0. The van der Waals surface area contributed by atoms with E-state index in [4.69, 9.17) is 9.84 Å². The molecule has 0 bridgehead atoms. The predicted molar refractivity (Wildman–Crippen MR) is 69.2 cm³/mol. The highest BCUT2D eigenvalue weighted by atomic mass is 79.9. The molecule has 17 heavy (non-hydrogen) atoms. The van der Waals surface area contributed by atoms with Gasteiger partial charge < -0.3 is 9.84 Å². The normalized spacial score (nSPS) is 24.4. The van der Waals surface area contributed by atoms with Crippen LogP contribution in [0.15, 0.2) is 15.9 Å². The van der Waals surface area contributed by atoms with Gasteiger partial charge in [-0.1, -0.05) is 0 Å².